The summed E-state index contributed by atoms with van der Waals surface area (Å²) >= 11 is 0. The van der Waals surface area contributed by atoms with Gasteiger partial charge in [0.05, 0.1) is 24.6 Å². The summed E-state index contributed by atoms with van der Waals surface area (Å²) in [4.78, 5) is 15.1. The summed E-state index contributed by atoms with van der Waals surface area (Å²) in [6.07, 6.45) is 3.00. The fraction of sp³-hybridized carbons (Fsp3) is 0.429. The first-order valence-electron chi connectivity index (χ1n) is 6.30. The largest absolute Gasteiger partial charge is 0.390 e. The van der Waals surface area contributed by atoms with Gasteiger partial charge in [-0.3, -0.25) is 9.78 Å². The van der Waals surface area contributed by atoms with Crippen LogP contribution in [0.3, 0.4) is 0 Å². The van der Waals surface area contributed by atoms with Crippen LogP contribution in [0.5, 0.6) is 0 Å². The molecule has 0 spiro atoms. The lowest BCUT2D eigenvalue weighted by molar-refractivity contribution is -0.116. The van der Waals surface area contributed by atoms with Gasteiger partial charge in [-0.15, -0.1) is 0 Å². The number of aliphatic hydroxyl groups is 1. The van der Waals surface area contributed by atoms with Crippen LogP contribution in [0.1, 0.15) is 24.2 Å². The standard InChI is InChI=1S/C14H20N2O3/c1-2-14(18)15-8-3-4-9-19-11-13-7-5-6-12(10-17)16-13/h2,5-7,17H,1,3-4,8-11H2,(H,15,18). The van der Waals surface area contributed by atoms with Gasteiger partial charge in [-0.05, 0) is 31.1 Å². The third-order valence-electron chi connectivity index (χ3n) is 2.48. The molecule has 104 valence electrons. The highest BCUT2D eigenvalue weighted by molar-refractivity contribution is 5.86. The number of hydrogen-bond acceptors (Lipinski definition) is 4. The number of carbonyl (C=O) groups excluding carboxylic acids is 1. The van der Waals surface area contributed by atoms with E-state index in [1.54, 1.807) is 6.07 Å². The predicted molar refractivity (Wildman–Crippen MR) is 72.3 cm³/mol. The van der Waals surface area contributed by atoms with Crippen LogP contribution in [0.25, 0.3) is 0 Å². The van der Waals surface area contributed by atoms with Crippen LogP contribution >= 0.6 is 0 Å². The van der Waals surface area contributed by atoms with E-state index in [0.29, 0.717) is 25.5 Å². The molecule has 0 fully saturated rings. The highest BCUT2D eigenvalue weighted by Crippen LogP contribution is 2.02. The number of unbranched alkanes of at least 4 members (excludes halogenated alkanes) is 1. The number of pyridine rings is 1. The second kappa shape index (κ2) is 9.24. The second-order valence-electron chi connectivity index (χ2n) is 4.03. The minimum absolute atomic E-state index is 0.0587. The van der Waals surface area contributed by atoms with E-state index < -0.39 is 0 Å². The van der Waals surface area contributed by atoms with Crippen molar-refractivity contribution in [2.75, 3.05) is 13.2 Å². The highest BCUT2D eigenvalue weighted by Gasteiger charge is 1.98. The van der Waals surface area contributed by atoms with E-state index in [2.05, 4.69) is 16.9 Å². The van der Waals surface area contributed by atoms with Crippen molar-refractivity contribution in [3.05, 3.63) is 42.2 Å². The maximum Gasteiger partial charge on any atom is 0.243 e. The van der Waals surface area contributed by atoms with Gasteiger partial charge in [0.15, 0.2) is 0 Å². The van der Waals surface area contributed by atoms with Crippen molar-refractivity contribution < 1.29 is 14.6 Å². The lowest BCUT2D eigenvalue weighted by Crippen LogP contribution is -2.22. The topological polar surface area (TPSA) is 71.5 Å². The quantitative estimate of drug-likeness (QED) is 0.519. The molecule has 0 saturated heterocycles. The van der Waals surface area contributed by atoms with E-state index in [0.717, 1.165) is 18.5 Å². The summed E-state index contributed by atoms with van der Waals surface area (Å²) in [5.41, 5.74) is 1.46. The Bertz CT molecular complexity index is 407. The number of nitrogens with one attached hydrogen (secondary N) is 1. The zero-order valence-corrected chi connectivity index (χ0v) is 11.0. The minimum Gasteiger partial charge on any atom is -0.390 e. The fourth-order valence-electron chi connectivity index (χ4n) is 1.49. The van der Waals surface area contributed by atoms with Gasteiger partial charge in [-0.2, -0.15) is 0 Å². The van der Waals surface area contributed by atoms with Crippen LogP contribution in [0.15, 0.2) is 30.9 Å². The van der Waals surface area contributed by atoms with Crippen molar-refractivity contribution in [3.63, 3.8) is 0 Å². The summed E-state index contributed by atoms with van der Waals surface area (Å²) in [7, 11) is 0. The molecule has 1 rings (SSSR count). The Morgan fingerprint density at radius 1 is 1.42 bits per heavy atom. The molecule has 0 aromatic carbocycles. The molecule has 0 atom stereocenters. The number of nitrogens with zero attached hydrogens (tertiary/aromatic N) is 1. The number of amides is 1. The van der Waals surface area contributed by atoms with Crippen molar-refractivity contribution in [1.29, 1.82) is 0 Å². The van der Waals surface area contributed by atoms with Crippen LogP contribution in [0, 0.1) is 0 Å². The monoisotopic (exact) mass is 264 g/mol. The average molecular weight is 264 g/mol. The van der Waals surface area contributed by atoms with Crippen molar-refractivity contribution >= 4 is 5.91 Å². The Kier molecular flexibility index (Phi) is 7.46. The summed E-state index contributed by atoms with van der Waals surface area (Å²) in [5, 5.41) is 11.7. The summed E-state index contributed by atoms with van der Waals surface area (Å²) in [6, 6.07) is 5.48. The third-order valence-corrected chi connectivity index (χ3v) is 2.48. The number of aliphatic hydroxyl groups excluding tert-OH is 1. The number of rotatable bonds is 9. The first-order chi connectivity index (χ1) is 9.26. The zero-order valence-electron chi connectivity index (χ0n) is 11.0. The zero-order chi connectivity index (χ0) is 13.9. The Hall–Kier alpha value is -1.72. The van der Waals surface area contributed by atoms with Crippen molar-refractivity contribution in [3.8, 4) is 0 Å². The maximum absolute atomic E-state index is 10.9. The van der Waals surface area contributed by atoms with E-state index in [9.17, 15) is 4.79 Å². The molecule has 19 heavy (non-hydrogen) atoms. The number of hydrogen-bond donors (Lipinski definition) is 2. The SMILES string of the molecule is C=CC(=O)NCCCCOCc1cccc(CO)n1. The first-order valence-corrected chi connectivity index (χ1v) is 6.30. The maximum atomic E-state index is 10.9. The van der Waals surface area contributed by atoms with Gasteiger partial charge in [0.25, 0.3) is 0 Å². The summed E-state index contributed by atoms with van der Waals surface area (Å²) < 4.78 is 5.48. The van der Waals surface area contributed by atoms with Crippen LogP contribution in [-0.2, 0) is 22.7 Å². The molecule has 0 aliphatic rings. The highest BCUT2D eigenvalue weighted by atomic mass is 16.5. The molecular formula is C14H20N2O3. The molecule has 1 aromatic rings. The normalized spacial score (nSPS) is 10.2. The lowest BCUT2D eigenvalue weighted by Gasteiger charge is -2.05. The van der Waals surface area contributed by atoms with Gasteiger partial charge < -0.3 is 15.2 Å². The molecule has 5 nitrogen and oxygen atoms in total. The molecule has 1 heterocycles. The van der Waals surface area contributed by atoms with Crippen LogP contribution in [0.4, 0.5) is 0 Å². The van der Waals surface area contributed by atoms with Gasteiger partial charge >= 0.3 is 0 Å². The smallest absolute Gasteiger partial charge is 0.243 e. The molecule has 0 bridgehead atoms. The van der Waals surface area contributed by atoms with E-state index in [4.69, 9.17) is 9.84 Å². The fourth-order valence-corrected chi connectivity index (χ4v) is 1.49. The lowest BCUT2D eigenvalue weighted by atomic mass is 10.3. The molecular weight excluding hydrogens is 244 g/mol. The summed E-state index contributed by atoms with van der Waals surface area (Å²) in [6.45, 7) is 5.01. The molecule has 5 heteroatoms. The van der Waals surface area contributed by atoms with E-state index in [1.807, 2.05) is 12.1 Å². The van der Waals surface area contributed by atoms with Crippen LogP contribution in [-0.4, -0.2) is 29.1 Å². The van der Waals surface area contributed by atoms with Crippen LogP contribution < -0.4 is 5.32 Å². The number of aromatic nitrogens is 1. The molecule has 0 saturated carbocycles. The van der Waals surface area contributed by atoms with Gasteiger partial charge in [-0.1, -0.05) is 12.6 Å². The van der Waals surface area contributed by atoms with E-state index in [-0.39, 0.29) is 12.5 Å². The van der Waals surface area contributed by atoms with Gasteiger partial charge in [0.2, 0.25) is 5.91 Å². The average Bonchev–Trinajstić information content (AvgIpc) is 2.46. The molecule has 0 radical (unpaired) electrons. The Morgan fingerprint density at radius 3 is 2.95 bits per heavy atom. The Balaban J connectivity index is 2.07. The minimum atomic E-state index is -0.147. The molecule has 1 amide bonds. The van der Waals surface area contributed by atoms with Crippen molar-refractivity contribution in [2.45, 2.75) is 26.1 Å². The Labute approximate surface area is 113 Å². The van der Waals surface area contributed by atoms with Crippen LogP contribution in [0.2, 0.25) is 0 Å². The van der Waals surface area contributed by atoms with Crippen molar-refractivity contribution in [1.82, 2.24) is 10.3 Å². The van der Waals surface area contributed by atoms with Gasteiger partial charge in [-0.25, -0.2) is 0 Å². The molecule has 1 aromatic heterocycles. The third kappa shape index (κ3) is 6.69. The number of ether oxygens (including phenoxy) is 1. The van der Waals surface area contributed by atoms with E-state index in [1.165, 1.54) is 6.08 Å². The van der Waals surface area contributed by atoms with Gasteiger partial charge in [0.1, 0.15) is 0 Å². The predicted octanol–water partition coefficient (Wildman–Crippen LogP) is 1.17. The Morgan fingerprint density at radius 2 is 2.21 bits per heavy atom. The second-order valence-corrected chi connectivity index (χ2v) is 4.03. The first kappa shape index (κ1) is 15.3. The molecule has 0 aliphatic carbocycles. The van der Waals surface area contributed by atoms with Crippen molar-refractivity contribution in [2.24, 2.45) is 0 Å². The molecule has 0 unspecified atom stereocenters. The molecule has 2 N–H and O–H groups in total. The molecule has 0 aliphatic heterocycles. The van der Waals surface area contributed by atoms with Gasteiger partial charge in [0, 0.05) is 13.2 Å². The number of carbonyl (C=O) groups is 1. The summed E-state index contributed by atoms with van der Waals surface area (Å²) in [5.74, 6) is -0.147. The van der Waals surface area contributed by atoms with E-state index >= 15 is 0 Å².